The van der Waals surface area contributed by atoms with E-state index >= 15 is 0 Å². The van der Waals surface area contributed by atoms with Crippen LogP contribution in [0.4, 0.5) is 14.5 Å². The zero-order valence-electron chi connectivity index (χ0n) is 15.2. The summed E-state index contributed by atoms with van der Waals surface area (Å²) >= 11 is 12.1. The van der Waals surface area contributed by atoms with E-state index in [-0.39, 0.29) is 28.7 Å². The molecule has 1 aliphatic rings. The molecule has 1 saturated heterocycles. The Balaban J connectivity index is 1.73. The van der Waals surface area contributed by atoms with Crippen molar-refractivity contribution < 1.29 is 22.0 Å². The van der Waals surface area contributed by atoms with Gasteiger partial charge in [0, 0.05) is 28.7 Å². The van der Waals surface area contributed by atoms with Gasteiger partial charge in [-0.1, -0.05) is 35.3 Å². The number of carbonyl (C=O) groups is 1. The lowest BCUT2D eigenvalue weighted by Crippen LogP contribution is -2.44. The zero-order chi connectivity index (χ0) is 21.2. The van der Waals surface area contributed by atoms with Crippen molar-refractivity contribution in [3.8, 4) is 0 Å². The normalized spacial score (nSPS) is 17.9. The monoisotopic (exact) mass is 462 g/mol. The molecule has 29 heavy (non-hydrogen) atoms. The van der Waals surface area contributed by atoms with E-state index in [0.29, 0.717) is 12.8 Å². The highest BCUT2D eigenvalue weighted by atomic mass is 35.5. The van der Waals surface area contributed by atoms with Crippen LogP contribution in [0.2, 0.25) is 10.0 Å². The molecule has 1 N–H and O–H groups in total. The van der Waals surface area contributed by atoms with E-state index in [1.165, 1.54) is 10.4 Å². The second-order valence-electron chi connectivity index (χ2n) is 6.74. The molecule has 0 bridgehead atoms. The molecule has 0 aliphatic carbocycles. The maximum atomic E-state index is 13.8. The Morgan fingerprint density at radius 2 is 1.69 bits per heavy atom. The van der Waals surface area contributed by atoms with E-state index in [2.05, 4.69) is 5.32 Å². The third kappa shape index (κ3) is 5.06. The summed E-state index contributed by atoms with van der Waals surface area (Å²) in [5, 5.41) is 2.71. The number of hydrogen-bond donors (Lipinski definition) is 1. The molecule has 1 atom stereocenters. The number of hydrogen-bond acceptors (Lipinski definition) is 3. The lowest BCUT2D eigenvalue weighted by atomic mass is 9.98. The van der Waals surface area contributed by atoms with Gasteiger partial charge in [0.2, 0.25) is 15.9 Å². The van der Waals surface area contributed by atoms with E-state index in [1.807, 2.05) is 0 Å². The average Bonchev–Trinajstić information content (AvgIpc) is 2.68. The van der Waals surface area contributed by atoms with E-state index in [1.54, 1.807) is 18.2 Å². The summed E-state index contributed by atoms with van der Waals surface area (Å²) in [6, 6.07) is 7.97. The number of rotatable bonds is 5. The van der Waals surface area contributed by atoms with E-state index in [9.17, 15) is 22.0 Å². The van der Waals surface area contributed by atoms with E-state index in [4.69, 9.17) is 23.2 Å². The molecule has 2 aromatic carbocycles. The number of sulfonamides is 1. The maximum Gasteiger partial charge on any atom is 0.228 e. The molecule has 0 unspecified atom stereocenters. The minimum absolute atomic E-state index is 0.0910. The number of piperidine rings is 1. The predicted octanol–water partition coefficient (Wildman–Crippen LogP) is 4.45. The van der Waals surface area contributed by atoms with Crippen LogP contribution in [-0.4, -0.2) is 31.7 Å². The lowest BCUT2D eigenvalue weighted by Gasteiger charge is -2.31. The van der Waals surface area contributed by atoms with Gasteiger partial charge in [-0.3, -0.25) is 4.79 Å². The molecular formula is C19H18Cl2F2N2O3S. The second-order valence-corrected chi connectivity index (χ2v) is 9.52. The number of para-hydroxylation sites is 1. The number of benzene rings is 2. The molecule has 3 rings (SSSR count). The Kier molecular flexibility index (Phi) is 6.78. The molecule has 1 fully saturated rings. The highest BCUT2D eigenvalue weighted by molar-refractivity contribution is 7.88. The summed E-state index contributed by atoms with van der Waals surface area (Å²) in [5.74, 6) is -3.56. The van der Waals surface area contributed by atoms with Gasteiger partial charge in [-0.05, 0) is 37.1 Å². The van der Waals surface area contributed by atoms with Gasteiger partial charge in [-0.2, -0.15) is 0 Å². The quantitative estimate of drug-likeness (QED) is 0.713. The Labute approximate surface area is 177 Å². The third-order valence-electron chi connectivity index (χ3n) is 4.75. The van der Waals surface area contributed by atoms with Crippen LogP contribution in [0, 0.1) is 17.6 Å². The van der Waals surface area contributed by atoms with Crippen LogP contribution in [0.1, 0.15) is 18.4 Å². The van der Waals surface area contributed by atoms with Crippen molar-refractivity contribution in [3.05, 3.63) is 63.6 Å². The first-order valence-corrected chi connectivity index (χ1v) is 11.2. The number of anilines is 1. The van der Waals surface area contributed by atoms with Crippen LogP contribution < -0.4 is 5.32 Å². The van der Waals surface area contributed by atoms with E-state index < -0.39 is 44.9 Å². The number of halogens is 4. The summed E-state index contributed by atoms with van der Waals surface area (Å²) in [4.78, 5) is 12.5. The van der Waals surface area contributed by atoms with Crippen LogP contribution >= 0.6 is 23.2 Å². The largest absolute Gasteiger partial charge is 0.321 e. The fourth-order valence-corrected chi connectivity index (χ4v) is 5.56. The van der Waals surface area contributed by atoms with Crippen LogP contribution in [0.25, 0.3) is 0 Å². The molecule has 0 radical (unpaired) electrons. The maximum absolute atomic E-state index is 13.8. The topological polar surface area (TPSA) is 66.5 Å². The smallest absolute Gasteiger partial charge is 0.228 e. The number of carbonyl (C=O) groups excluding carboxylic acids is 1. The molecule has 10 heteroatoms. The Hall–Kier alpha value is -1.74. The third-order valence-corrected chi connectivity index (χ3v) is 7.23. The Morgan fingerprint density at radius 3 is 2.31 bits per heavy atom. The van der Waals surface area contributed by atoms with Crippen molar-refractivity contribution >= 4 is 44.8 Å². The van der Waals surface area contributed by atoms with Crippen LogP contribution in [0.3, 0.4) is 0 Å². The van der Waals surface area contributed by atoms with Crippen molar-refractivity contribution in [1.82, 2.24) is 4.31 Å². The predicted molar refractivity (Wildman–Crippen MR) is 108 cm³/mol. The van der Waals surface area contributed by atoms with E-state index in [0.717, 1.165) is 12.1 Å². The Bertz CT molecular complexity index is 994. The fraction of sp³-hybridized carbons (Fsp3) is 0.316. The molecule has 1 heterocycles. The molecular weight excluding hydrogens is 445 g/mol. The van der Waals surface area contributed by atoms with Gasteiger partial charge in [0.1, 0.15) is 17.3 Å². The molecule has 0 aromatic heterocycles. The number of nitrogens with zero attached hydrogens (tertiary/aromatic N) is 1. The van der Waals surface area contributed by atoms with Gasteiger partial charge in [0.15, 0.2) is 0 Å². The highest BCUT2D eigenvalue weighted by Crippen LogP contribution is 2.29. The van der Waals surface area contributed by atoms with Crippen molar-refractivity contribution in [2.45, 2.75) is 18.6 Å². The van der Waals surface area contributed by atoms with Gasteiger partial charge in [-0.15, -0.1) is 0 Å². The van der Waals surface area contributed by atoms with Gasteiger partial charge in [0.05, 0.1) is 11.7 Å². The van der Waals surface area contributed by atoms with Gasteiger partial charge in [-0.25, -0.2) is 21.5 Å². The summed E-state index contributed by atoms with van der Waals surface area (Å²) in [5.41, 5.74) is -0.254. The van der Waals surface area contributed by atoms with Crippen LogP contribution in [0.15, 0.2) is 36.4 Å². The first-order chi connectivity index (χ1) is 13.7. The summed E-state index contributed by atoms with van der Waals surface area (Å²) in [7, 11) is -3.80. The SMILES string of the molecule is O=C(Nc1c(F)cccc1F)[C@H]1CCCN(S(=O)(=O)Cc2c(Cl)cccc2Cl)C1. The van der Waals surface area contributed by atoms with Crippen molar-refractivity contribution in [2.75, 3.05) is 18.4 Å². The molecule has 0 saturated carbocycles. The molecule has 156 valence electrons. The second kappa shape index (κ2) is 8.95. The lowest BCUT2D eigenvalue weighted by molar-refractivity contribution is -0.120. The first-order valence-electron chi connectivity index (χ1n) is 8.84. The number of nitrogens with one attached hydrogen (secondary N) is 1. The summed E-state index contributed by atoms with van der Waals surface area (Å²) in [6.45, 7) is 0.147. The highest BCUT2D eigenvalue weighted by Gasteiger charge is 2.33. The summed E-state index contributed by atoms with van der Waals surface area (Å²) < 4.78 is 54.4. The standard InChI is InChI=1S/C19H18Cl2F2N2O3S/c20-14-5-1-6-15(21)13(14)11-29(27,28)25-9-3-4-12(10-25)19(26)24-18-16(22)7-2-8-17(18)23/h1-2,5-8,12H,3-4,9-11H2,(H,24,26)/t12-/m0/s1. The van der Waals surface area contributed by atoms with Crippen molar-refractivity contribution in [3.63, 3.8) is 0 Å². The van der Waals surface area contributed by atoms with Gasteiger partial charge in [0.25, 0.3) is 0 Å². The molecule has 0 spiro atoms. The number of amides is 1. The molecule has 2 aromatic rings. The van der Waals surface area contributed by atoms with Gasteiger partial charge < -0.3 is 5.32 Å². The van der Waals surface area contributed by atoms with Gasteiger partial charge >= 0.3 is 0 Å². The van der Waals surface area contributed by atoms with Crippen molar-refractivity contribution in [2.24, 2.45) is 5.92 Å². The zero-order valence-corrected chi connectivity index (χ0v) is 17.5. The minimum atomic E-state index is -3.80. The average molecular weight is 463 g/mol. The minimum Gasteiger partial charge on any atom is -0.321 e. The first kappa shape index (κ1) is 22.0. The fourth-order valence-electron chi connectivity index (χ4n) is 3.20. The van der Waals surface area contributed by atoms with Crippen molar-refractivity contribution in [1.29, 1.82) is 0 Å². The Morgan fingerprint density at radius 1 is 1.10 bits per heavy atom. The molecule has 5 nitrogen and oxygen atoms in total. The summed E-state index contributed by atoms with van der Waals surface area (Å²) in [6.07, 6.45) is 0.841. The molecule has 1 aliphatic heterocycles. The molecule has 1 amide bonds. The van der Waals surface area contributed by atoms with Crippen LogP contribution in [0.5, 0.6) is 0 Å². The van der Waals surface area contributed by atoms with Crippen LogP contribution in [-0.2, 0) is 20.6 Å².